The molecule has 1 unspecified atom stereocenters. The quantitative estimate of drug-likeness (QED) is 0.165. The fourth-order valence-corrected chi connectivity index (χ4v) is 3.62. The zero-order valence-corrected chi connectivity index (χ0v) is 19.1. The number of esters is 1. The van der Waals surface area contributed by atoms with Crippen molar-refractivity contribution in [3.05, 3.63) is 0 Å². The molecule has 3 nitrogen and oxygen atoms in total. The Morgan fingerprint density at radius 1 is 0.704 bits per heavy atom. The summed E-state index contributed by atoms with van der Waals surface area (Å²) in [5.74, 6) is 0.0331. The standard InChI is InChI=1S/C24H49NO2/c1-5-9-15-19-23(18-10-6-2)27-24(26)20-16-13-11-12-14-17-22-25(8-4)21-7-3/h23H,5-22H2,1-4H3. The third kappa shape index (κ3) is 17.3. The van der Waals surface area contributed by atoms with Crippen LogP contribution in [0.3, 0.4) is 0 Å². The van der Waals surface area contributed by atoms with Crippen LogP contribution in [0.4, 0.5) is 0 Å². The second kappa shape index (κ2) is 20.2. The number of rotatable bonds is 20. The van der Waals surface area contributed by atoms with Gasteiger partial charge in [0.05, 0.1) is 0 Å². The Labute approximate surface area is 170 Å². The highest BCUT2D eigenvalue weighted by molar-refractivity contribution is 5.69. The highest BCUT2D eigenvalue weighted by atomic mass is 16.5. The lowest BCUT2D eigenvalue weighted by Crippen LogP contribution is -2.25. The number of unbranched alkanes of at least 4 members (excludes halogenated alkanes) is 8. The molecule has 0 amide bonds. The van der Waals surface area contributed by atoms with Crippen LogP contribution in [0.25, 0.3) is 0 Å². The van der Waals surface area contributed by atoms with Crippen molar-refractivity contribution >= 4 is 5.97 Å². The Morgan fingerprint density at radius 3 is 1.96 bits per heavy atom. The van der Waals surface area contributed by atoms with Crippen molar-refractivity contribution in [1.82, 2.24) is 4.90 Å². The van der Waals surface area contributed by atoms with Gasteiger partial charge in [0.2, 0.25) is 0 Å². The molecule has 0 aliphatic heterocycles. The largest absolute Gasteiger partial charge is 0.462 e. The number of hydrogen-bond acceptors (Lipinski definition) is 3. The zero-order valence-electron chi connectivity index (χ0n) is 19.1. The zero-order chi connectivity index (χ0) is 20.2. The van der Waals surface area contributed by atoms with E-state index in [1.54, 1.807) is 0 Å². The molecule has 0 aliphatic carbocycles. The first kappa shape index (κ1) is 26.4. The number of nitrogens with zero attached hydrogens (tertiary/aromatic N) is 1. The van der Waals surface area contributed by atoms with Crippen molar-refractivity contribution in [2.24, 2.45) is 0 Å². The summed E-state index contributed by atoms with van der Waals surface area (Å²) in [6, 6.07) is 0. The van der Waals surface area contributed by atoms with Crippen molar-refractivity contribution in [3.63, 3.8) is 0 Å². The molecule has 0 saturated carbocycles. The van der Waals surface area contributed by atoms with Gasteiger partial charge in [0.15, 0.2) is 0 Å². The fraction of sp³-hybridized carbons (Fsp3) is 0.958. The summed E-state index contributed by atoms with van der Waals surface area (Å²) in [6.07, 6.45) is 17.4. The molecule has 0 N–H and O–H groups in total. The van der Waals surface area contributed by atoms with E-state index in [1.807, 2.05) is 0 Å². The van der Waals surface area contributed by atoms with Gasteiger partial charge in [-0.15, -0.1) is 0 Å². The maximum Gasteiger partial charge on any atom is 0.306 e. The van der Waals surface area contributed by atoms with Crippen LogP contribution in [-0.4, -0.2) is 36.6 Å². The van der Waals surface area contributed by atoms with E-state index in [4.69, 9.17) is 4.74 Å². The summed E-state index contributed by atoms with van der Waals surface area (Å²) >= 11 is 0. The van der Waals surface area contributed by atoms with Crippen LogP contribution in [0.2, 0.25) is 0 Å². The van der Waals surface area contributed by atoms with Gasteiger partial charge in [-0.3, -0.25) is 4.79 Å². The van der Waals surface area contributed by atoms with Crippen molar-refractivity contribution in [1.29, 1.82) is 0 Å². The minimum Gasteiger partial charge on any atom is -0.462 e. The molecule has 3 heteroatoms. The Hall–Kier alpha value is -0.570. The Bertz CT molecular complexity index is 320. The molecular weight excluding hydrogens is 334 g/mol. The maximum atomic E-state index is 12.1. The second-order valence-electron chi connectivity index (χ2n) is 8.06. The maximum absolute atomic E-state index is 12.1. The van der Waals surface area contributed by atoms with Gasteiger partial charge in [0.25, 0.3) is 0 Å². The van der Waals surface area contributed by atoms with Gasteiger partial charge in [-0.05, 0) is 58.2 Å². The van der Waals surface area contributed by atoms with Gasteiger partial charge in [-0.2, -0.15) is 0 Å². The van der Waals surface area contributed by atoms with Crippen LogP contribution in [0.1, 0.15) is 124 Å². The van der Waals surface area contributed by atoms with E-state index in [2.05, 4.69) is 32.6 Å². The van der Waals surface area contributed by atoms with Crippen LogP contribution >= 0.6 is 0 Å². The van der Waals surface area contributed by atoms with Crippen molar-refractivity contribution in [2.75, 3.05) is 19.6 Å². The van der Waals surface area contributed by atoms with Crippen LogP contribution in [0.5, 0.6) is 0 Å². The van der Waals surface area contributed by atoms with E-state index in [9.17, 15) is 4.79 Å². The van der Waals surface area contributed by atoms with Gasteiger partial charge in [0, 0.05) is 6.42 Å². The summed E-state index contributed by atoms with van der Waals surface area (Å²) in [5, 5.41) is 0. The minimum absolute atomic E-state index is 0.0331. The average molecular weight is 384 g/mol. The first-order chi connectivity index (χ1) is 13.2. The van der Waals surface area contributed by atoms with E-state index >= 15 is 0 Å². The average Bonchev–Trinajstić information content (AvgIpc) is 2.67. The molecule has 0 aliphatic rings. The smallest absolute Gasteiger partial charge is 0.306 e. The topological polar surface area (TPSA) is 29.5 Å². The Kier molecular flexibility index (Phi) is 19.7. The molecule has 0 radical (unpaired) electrons. The Balaban J connectivity index is 3.69. The van der Waals surface area contributed by atoms with Gasteiger partial charge in [0.1, 0.15) is 6.10 Å². The molecule has 0 aromatic rings. The summed E-state index contributed by atoms with van der Waals surface area (Å²) in [5.41, 5.74) is 0. The summed E-state index contributed by atoms with van der Waals surface area (Å²) < 4.78 is 5.76. The molecule has 0 saturated heterocycles. The normalized spacial score (nSPS) is 12.5. The molecule has 0 aromatic heterocycles. The molecule has 0 fully saturated rings. The third-order valence-electron chi connectivity index (χ3n) is 5.40. The van der Waals surface area contributed by atoms with Crippen LogP contribution in [0.15, 0.2) is 0 Å². The van der Waals surface area contributed by atoms with E-state index in [0.29, 0.717) is 6.42 Å². The van der Waals surface area contributed by atoms with Crippen LogP contribution in [-0.2, 0) is 9.53 Å². The monoisotopic (exact) mass is 383 g/mol. The van der Waals surface area contributed by atoms with E-state index in [0.717, 1.165) is 32.1 Å². The van der Waals surface area contributed by atoms with E-state index in [-0.39, 0.29) is 12.1 Å². The fourth-order valence-electron chi connectivity index (χ4n) is 3.62. The van der Waals surface area contributed by atoms with Gasteiger partial charge in [-0.1, -0.05) is 79.1 Å². The highest BCUT2D eigenvalue weighted by Crippen LogP contribution is 2.15. The lowest BCUT2D eigenvalue weighted by molar-refractivity contribution is -0.150. The first-order valence-electron chi connectivity index (χ1n) is 12.1. The summed E-state index contributed by atoms with van der Waals surface area (Å²) in [6.45, 7) is 12.6. The highest BCUT2D eigenvalue weighted by Gasteiger charge is 2.13. The van der Waals surface area contributed by atoms with Gasteiger partial charge < -0.3 is 9.64 Å². The SMILES string of the molecule is CCCCCC(CCCC)OC(=O)CCCCCCCCN(CC)CCC. The predicted molar refractivity (Wildman–Crippen MR) is 118 cm³/mol. The molecule has 27 heavy (non-hydrogen) atoms. The molecular formula is C24H49NO2. The van der Waals surface area contributed by atoms with Crippen LogP contribution < -0.4 is 0 Å². The molecule has 0 bridgehead atoms. The number of hydrogen-bond donors (Lipinski definition) is 0. The number of ether oxygens (including phenoxy) is 1. The predicted octanol–water partition coefficient (Wildman–Crippen LogP) is 7.13. The van der Waals surface area contributed by atoms with Crippen LogP contribution in [0, 0.1) is 0 Å². The first-order valence-corrected chi connectivity index (χ1v) is 12.1. The van der Waals surface area contributed by atoms with Gasteiger partial charge in [-0.25, -0.2) is 0 Å². The van der Waals surface area contributed by atoms with Crippen molar-refractivity contribution in [3.8, 4) is 0 Å². The van der Waals surface area contributed by atoms with E-state index < -0.39 is 0 Å². The number of carbonyl (C=O) groups is 1. The third-order valence-corrected chi connectivity index (χ3v) is 5.40. The molecule has 0 aromatic carbocycles. The molecule has 0 heterocycles. The minimum atomic E-state index is 0.0331. The Morgan fingerprint density at radius 2 is 1.33 bits per heavy atom. The second-order valence-corrected chi connectivity index (χ2v) is 8.06. The van der Waals surface area contributed by atoms with Crippen molar-refractivity contribution < 1.29 is 9.53 Å². The van der Waals surface area contributed by atoms with Crippen molar-refractivity contribution in [2.45, 2.75) is 130 Å². The van der Waals surface area contributed by atoms with Gasteiger partial charge >= 0.3 is 5.97 Å². The molecule has 162 valence electrons. The molecule has 1 atom stereocenters. The lowest BCUT2D eigenvalue weighted by atomic mass is 10.1. The molecule has 0 rings (SSSR count). The molecule has 0 spiro atoms. The van der Waals surface area contributed by atoms with E-state index in [1.165, 1.54) is 77.4 Å². The number of carbonyl (C=O) groups excluding carboxylic acids is 1. The lowest BCUT2D eigenvalue weighted by Gasteiger charge is -2.19. The summed E-state index contributed by atoms with van der Waals surface area (Å²) in [7, 11) is 0. The summed E-state index contributed by atoms with van der Waals surface area (Å²) in [4.78, 5) is 14.7.